The maximum absolute atomic E-state index is 11.3. The number of ether oxygens (including phenoxy) is 1. The van der Waals surface area contributed by atoms with Gasteiger partial charge in [0.1, 0.15) is 6.61 Å². The topological polar surface area (TPSA) is 66.8 Å². The van der Waals surface area contributed by atoms with Crippen molar-refractivity contribution in [2.75, 3.05) is 13.2 Å². The van der Waals surface area contributed by atoms with Gasteiger partial charge >= 0.3 is 5.97 Å². The number of rotatable bonds is 4. The molecule has 0 fully saturated rings. The van der Waals surface area contributed by atoms with Gasteiger partial charge in [-0.2, -0.15) is 0 Å². The first kappa shape index (κ1) is 10.7. The van der Waals surface area contributed by atoms with Gasteiger partial charge in [-0.25, -0.2) is 4.79 Å². The molecule has 1 aromatic carbocycles. The third-order valence-electron chi connectivity index (χ3n) is 1.67. The van der Waals surface area contributed by atoms with Gasteiger partial charge in [-0.15, -0.1) is 0 Å². The quantitative estimate of drug-likeness (QED) is 0.681. The van der Waals surface area contributed by atoms with E-state index >= 15 is 0 Å². The minimum atomic E-state index is -0.491. The molecule has 14 heavy (non-hydrogen) atoms. The summed E-state index contributed by atoms with van der Waals surface area (Å²) in [6.07, 6.45) is 0. The predicted molar refractivity (Wildman–Crippen MR) is 49.7 cm³/mol. The van der Waals surface area contributed by atoms with E-state index in [0.29, 0.717) is 11.1 Å². The van der Waals surface area contributed by atoms with Gasteiger partial charge in [0.15, 0.2) is 0 Å². The van der Waals surface area contributed by atoms with Crippen LogP contribution in [0.1, 0.15) is 15.9 Å². The van der Waals surface area contributed by atoms with E-state index in [2.05, 4.69) is 0 Å². The van der Waals surface area contributed by atoms with Gasteiger partial charge in [0, 0.05) is 0 Å². The Hall–Kier alpha value is -1.39. The van der Waals surface area contributed by atoms with Crippen LogP contribution in [-0.2, 0) is 11.3 Å². The highest BCUT2D eigenvalue weighted by atomic mass is 16.5. The van der Waals surface area contributed by atoms with E-state index in [1.165, 1.54) is 0 Å². The molecule has 1 aromatic rings. The van der Waals surface area contributed by atoms with Gasteiger partial charge in [0.05, 0.1) is 18.8 Å². The molecule has 0 aliphatic rings. The lowest BCUT2D eigenvalue weighted by Crippen LogP contribution is -2.08. The first-order valence-corrected chi connectivity index (χ1v) is 4.25. The van der Waals surface area contributed by atoms with Crippen LogP contribution in [0, 0.1) is 0 Å². The minimum Gasteiger partial charge on any atom is -0.460 e. The summed E-state index contributed by atoms with van der Waals surface area (Å²) in [5.41, 5.74) is 1.04. The van der Waals surface area contributed by atoms with Crippen LogP contribution < -0.4 is 0 Å². The molecule has 0 saturated heterocycles. The highest BCUT2D eigenvalue weighted by Gasteiger charge is 2.06. The van der Waals surface area contributed by atoms with Crippen LogP contribution in [0.3, 0.4) is 0 Å². The van der Waals surface area contributed by atoms with Crippen molar-refractivity contribution >= 4 is 5.97 Å². The number of esters is 1. The van der Waals surface area contributed by atoms with Crippen LogP contribution in [0.5, 0.6) is 0 Å². The van der Waals surface area contributed by atoms with Gasteiger partial charge in [0.2, 0.25) is 0 Å². The average molecular weight is 196 g/mol. The number of hydrogen-bond donors (Lipinski definition) is 2. The van der Waals surface area contributed by atoms with E-state index in [4.69, 9.17) is 14.9 Å². The average Bonchev–Trinajstić information content (AvgIpc) is 2.26. The molecule has 0 bridgehead atoms. The lowest BCUT2D eigenvalue weighted by molar-refractivity contribution is 0.0433. The van der Waals surface area contributed by atoms with Crippen molar-refractivity contribution in [1.82, 2.24) is 0 Å². The molecular formula is C10H12O4. The molecule has 0 aliphatic carbocycles. The second-order valence-corrected chi connectivity index (χ2v) is 2.72. The van der Waals surface area contributed by atoms with Crippen LogP contribution in [0.4, 0.5) is 0 Å². The fourth-order valence-corrected chi connectivity index (χ4v) is 1.02. The zero-order valence-corrected chi connectivity index (χ0v) is 7.64. The molecule has 4 heteroatoms. The predicted octanol–water partition coefficient (Wildman–Crippen LogP) is 0.328. The van der Waals surface area contributed by atoms with Crippen molar-refractivity contribution < 1.29 is 19.7 Å². The summed E-state index contributed by atoms with van der Waals surface area (Å²) < 4.78 is 4.71. The normalized spacial score (nSPS) is 9.86. The van der Waals surface area contributed by atoms with E-state index in [1.54, 1.807) is 24.3 Å². The molecule has 0 aliphatic heterocycles. The Balaban J connectivity index is 2.69. The molecule has 0 saturated carbocycles. The number of carbonyl (C=O) groups excluding carboxylic acids is 1. The van der Waals surface area contributed by atoms with Gasteiger partial charge in [-0.3, -0.25) is 0 Å². The summed E-state index contributed by atoms with van der Waals surface area (Å²) in [6, 6.07) is 6.53. The molecule has 4 nitrogen and oxygen atoms in total. The standard InChI is InChI=1S/C10H12O4/c11-4-5-14-10(13)9-3-1-2-8(6-9)7-12/h1-3,6,11-12H,4-5,7H2. The van der Waals surface area contributed by atoms with Crippen molar-refractivity contribution in [3.63, 3.8) is 0 Å². The lowest BCUT2D eigenvalue weighted by Gasteiger charge is -2.03. The molecule has 0 amide bonds. The van der Waals surface area contributed by atoms with Crippen LogP contribution in [0.25, 0.3) is 0 Å². The van der Waals surface area contributed by atoms with Crippen molar-refractivity contribution in [3.05, 3.63) is 35.4 Å². The van der Waals surface area contributed by atoms with Gasteiger partial charge in [0.25, 0.3) is 0 Å². The van der Waals surface area contributed by atoms with Crippen LogP contribution in [0.15, 0.2) is 24.3 Å². The molecular weight excluding hydrogens is 184 g/mol. The Morgan fingerprint density at radius 3 is 2.79 bits per heavy atom. The molecule has 0 heterocycles. The third kappa shape index (κ3) is 2.83. The van der Waals surface area contributed by atoms with Gasteiger partial charge in [-0.1, -0.05) is 12.1 Å². The van der Waals surface area contributed by atoms with E-state index < -0.39 is 5.97 Å². The van der Waals surface area contributed by atoms with Gasteiger partial charge in [-0.05, 0) is 17.7 Å². The number of aliphatic hydroxyl groups is 2. The van der Waals surface area contributed by atoms with Gasteiger partial charge < -0.3 is 14.9 Å². The Labute approximate surface area is 81.8 Å². The summed E-state index contributed by atoms with van der Waals surface area (Å²) in [5, 5.41) is 17.3. The van der Waals surface area contributed by atoms with Crippen molar-refractivity contribution in [3.8, 4) is 0 Å². The van der Waals surface area contributed by atoms with Crippen molar-refractivity contribution in [1.29, 1.82) is 0 Å². The highest BCUT2D eigenvalue weighted by molar-refractivity contribution is 5.89. The van der Waals surface area contributed by atoms with Crippen molar-refractivity contribution in [2.24, 2.45) is 0 Å². The van der Waals surface area contributed by atoms with E-state index in [9.17, 15) is 4.79 Å². The Morgan fingerprint density at radius 2 is 2.14 bits per heavy atom. The lowest BCUT2D eigenvalue weighted by atomic mass is 10.1. The van der Waals surface area contributed by atoms with Crippen molar-refractivity contribution in [2.45, 2.75) is 6.61 Å². The smallest absolute Gasteiger partial charge is 0.338 e. The summed E-state index contributed by atoms with van der Waals surface area (Å²) in [5.74, 6) is -0.491. The number of carbonyl (C=O) groups is 1. The van der Waals surface area contributed by atoms with E-state index in [1.807, 2.05) is 0 Å². The third-order valence-corrected chi connectivity index (χ3v) is 1.67. The second kappa shape index (κ2) is 5.36. The summed E-state index contributed by atoms with van der Waals surface area (Å²) in [4.78, 5) is 11.3. The molecule has 0 atom stereocenters. The monoisotopic (exact) mass is 196 g/mol. The maximum atomic E-state index is 11.3. The first-order chi connectivity index (χ1) is 6.77. The molecule has 0 unspecified atom stereocenters. The SMILES string of the molecule is O=C(OCCO)c1cccc(CO)c1. The zero-order chi connectivity index (χ0) is 10.4. The fourth-order valence-electron chi connectivity index (χ4n) is 1.02. The van der Waals surface area contributed by atoms with Crippen LogP contribution >= 0.6 is 0 Å². The molecule has 1 rings (SSSR count). The summed E-state index contributed by atoms with van der Waals surface area (Å²) >= 11 is 0. The largest absolute Gasteiger partial charge is 0.460 e. The Kier molecular flexibility index (Phi) is 4.10. The van der Waals surface area contributed by atoms with Crippen LogP contribution in [-0.4, -0.2) is 29.4 Å². The summed E-state index contributed by atoms with van der Waals surface area (Å²) in [7, 11) is 0. The maximum Gasteiger partial charge on any atom is 0.338 e. The Bertz CT molecular complexity index is 309. The highest BCUT2D eigenvalue weighted by Crippen LogP contribution is 2.06. The molecule has 76 valence electrons. The molecule has 0 radical (unpaired) electrons. The van der Waals surface area contributed by atoms with Crippen LogP contribution in [0.2, 0.25) is 0 Å². The number of benzene rings is 1. The second-order valence-electron chi connectivity index (χ2n) is 2.72. The Morgan fingerprint density at radius 1 is 1.36 bits per heavy atom. The number of aliphatic hydroxyl groups excluding tert-OH is 2. The van der Waals surface area contributed by atoms with E-state index in [0.717, 1.165) is 0 Å². The fraction of sp³-hybridized carbons (Fsp3) is 0.300. The molecule has 2 N–H and O–H groups in total. The first-order valence-electron chi connectivity index (χ1n) is 4.25. The number of hydrogen-bond acceptors (Lipinski definition) is 4. The summed E-state index contributed by atoms with van der Waals surface area (Å²) in [6.45, 7) is -0.311. The molecule has 0 aromatic heterocycles. The zero-order valence-electron chi connectivity index (χ0n) is 7.64. The van der Waals surface area contributed by atoms with E-state index in [-0.39, 0.29) is 19.8 Å². The molecule has 0 spiro atoms. The minimum absolute atomic E-state index is 0.0117.